The van der Waals surface area contributed by atoms with E-state index in [1.165, 1.54) is 5.39 Å². The Hall–Kier alpha value is -1.81. The van der Waals surface area contributed by atoms with Crippen LogP contribution in [0.1, 0.15) is 5.69 Å². The molecule has 0 atom stereocenters. The summed E-state index contributed by atoms with van der Waals surface area (Å²) < 4.78 is 2.12. The molecule has 4 heteroatoms. The van der Waals surface area contributed by atoms with Gasteiger partial charge in [-0.1, -0.05) is 18.2 Å². The number of rotatable bonds is 2. The van der Waals surface area contributed by atoms with E-state index in [9.17, 15) is 4.79 Å². The zero-order chi connectivity index (χ0) is 14.1. The van der Waals surface area contributed by atoms with Crippen LogP contribution in [0.2, 0.25) is 0 Å². The molecule has 1 aliphatic heterocycles. The summed E-state index contributed by atoms with van der Waals surface area (Å²) in [6.45, 7) is 6.13. The van der Waals surface area contributed by atoms with Crippen molar-refractivity contribution in [3.8, 4) is 0 Å². The van der Waals surface area contributed by atoms with Gasteiger partial charge in [-0.2, -0.15) is 0 Å². The minimum Gasteiger partial charge on any atom is -0.339 e. The van der Waals surface area contributed by atoms with Crippen LogP contribution in [-0.2, 0) is 11.3 Å². The Morgan fingerprint density at radius 2 is 1.85 bits per heavy atom. The van der Waals surface area contributed by atoms with Gasteiger partial charge in [0, 0.05) is 37.4 Å². The molecule has 0 bridgehead atoms. The van der Waals surface area contributed by atoms with Crippen molar-refractivity contribution in [2.45, 2.75) is 13.5 Å². The van der Waals surface area contributed by atoms with Gasteiger partial charge in [0.1, 0.15) is 6.54 Å². The van der Waals surface area contributed by atoms with Gasteiger partial charge in [0.2, 0.25) is 5.91 Å². The third kappa shape index (κ3) is 2.43. The fourth-order valence-corrected chi connectivity index (χ4v) is 2.85. The third-order valence-electron chi connectivity index (χ3n) is 4.17. The molecule has 0 N–H and O–H groups in total. The Morgan fingerprint density at radius 3 is 2.60 bits per heavy atom. The van der Waals surface area contributed by atoms with Crippen LogP contribution in [0.5, 0.6) is 0 Å². The number of benzene rings is 1. The molecule has 2 aromatic rings. The van der Waals surface area contributed by atoms with Gasteiger partial charge in [-0.15, -0.1) is 0 Å². The number of carbonyl (C=O) groups is 1. The highest BCUT2D eigenvalue weighted by atomic mass is 16.2. The second kappa shape index (κ2) is 5.29. The van der Waals surface area contributed by atoms with E-state index in [1.54, 1.807) is 0 Å². The minimum atomic E-state index is 0.225. The van der Waals surface area contributed by atoms with Crippen molar-refractivity contribution in [2.75, 3.05) is 33.2 Å². The maximum Gasteiger partial charge on any atom is 0.242 e. The van der Waals surface area contributed by atoms with Gasteiger partial charge in [-0.25, -0.2) is 0 Å². The van der Waals surface area contributed by atoms with E-state index in [-0.39, 0.29) is 5.91 Å². The molecule has 4 nitrogen and oxygen atoms in total. The first-order valence-corrected chi connectivity index (χ1v) is 7.16. The number of likely N-dealkylation sites (N-methyl/N-ethyl adjacent to an activating group) is 1. The van der Waals surface area contributed by atoms with Crippen LogP contribution < -0.4 is 0 Å². The Balaban J connectivity index is 1.79. The highest BCUT2D eigenvalue weighted by Crippen LogP contribution is 2.19. The second-order valence-electron chi connectivity index (χ2n) is 5.61. The summed E-state index contributed by atoms with van der Waals surface area (Å²) in [5, 5.41) is 1.20. The van der Waals surface area contributed by atoms with Crippen molar-refractivity contribution in [3.05, 3.63) is 36.0 Å². The first-order valence-electron chi connectivity index (χ1n) is 7.16. The van der Waals surface area contributed by atoms with Crippen LogP contribution in [0.15, 0.2) is 30.3 Å². The number of hydrogen-bond donors (Lipinski definition) is 0. The average molecular weight is 271 g/mol. The molecule has 1 saturated heterocycles. The molecule has 0 radical (unpaired) electrons. The normalized spacial score (nSPS) is 16.8. The quantitative estimate of drug-likeness (QED) is 0.832. The summed E-state index contributed by atoms with van der Waals surface area (Å²) in [6.07, 6.45) is 0. The number of nitrogens with zero attached hydrogens (tertiary/aromatic N) is 3. The predicted molar refractivity (Wildman–Crippen MR) is 80.8 cm³/mol. The summed E-state index contributed by atoms with van der Waals surface area (Å²) in [5.41, 5.74) is 2.29. The lowest BCUT2D eigenvalue weighted by Gasteiger charge is -2.32. The zero-order valence-corrected chi connectivity index (χ0v) is 12.2. The van der Waals surface area contributed by atoms with E-state index in [4.69, 9.17) is 0 Å². The molecule has 1 aromatic heterocycles. The average Bonchev–Trinajstić information content (AvgIpc) is 2.76. The molecule has 1 aromatic carbocycles. The highest BCUT2D eigenvalue weighted by molar-refractivity contribution is 5.84. The van der Waals surface area contributed by atoms with E-state index < -0.39 is 0 Å². The number of carbonyl (C=O) groups excluding carboxylic acids is 1. The van der Waals surface area contributed by atoms with Crippen molar-refractivity contribution in [1.82, 2.24) is 14.4 Å². The Morgan fingerprint density at radius 1 is 1.15 bits per heavy atom. The minimum absolute atomic E-state index is 0.225. The van der Waals surface area contributed by atoms with E-state index in [0.29, 0.717) is 6.54 Å². The molecule has 3 rings (SSSR count). The summed E-state index contributed by atoms with van der Waals surface area (Å²) in [5.74, 6) is 0.225. The zero-order valence-electron chi connectivity index (χ0n) is 12.2. The van der Waals surface area contributed by atoms with E-state index in [1.807, 2.05) is 17.0 Å². The molecule has 106 valence electrons. The molecule has 1 aliphatic rings. The lowest BCUT2D eigenvalue weighted by molar-refractivity contribution is -0.133. The molecule has 1 fully saturated rings. The molecule has 1 amide bonds. The third-order valence-corrected chi connectivity index (χ3v) is 4.17. The highest BCUT2D eigenvalue weighted by Gasteiger charge is 2.20. The monoisotopic (exact) mass is 271 g/mol. The van der Waals surface area contributed by atoms with Gasteiger partial charge in [0.05, 0.1) is 0 Å². The number of hydrogen-bond acceptors (Lipinski definition) is 2. The SMILES string of the molecule is Cc1cc2ccccc2n1CC(=O)N1CCN(C)CC1. The molecule has 20 heavy (non-hydrogen) atoms. The van der Waals surface area contributed by atoms with Gasteiger partial charge >= 0.3 is 0 Å². The van der Waals surface area contributed by atoms with Crippen LogP contribution in [0, 0.1) is 6.92 Å². The van der Waals surface area contributed by atoms with Crippen LogP contribution in [0.25, 0.3) is 10.9 Å². The maximum atomic E-state index is 12.5. The Bertz CT molecular complexity index is 624. The standard InChI is InChI=1S/C16H21N3O/c1-13-11-14-5-3-4-6-15(14)19(13)12-16(20)18-9-7-17(2)8-10-18/h3-6,11H,7-10,12H2,1-2H3. The Kier molecular flexibility index (Phi) is 3.49. The Labute approximate surface area is 119 Å². The van der Waals surface area contributed by atoms with E-state index >= 15 is 0 Å². The molecule has 2 heterocycles. The topological polar surface area (TPSA) is 28.5 Å². The molecule has 0 unspecified atom stereocenters. The molecular formula is C16H21N3O. The van der Waals surface area contributed by atoms with E-state index in [0.717, 1.165) is 37.4 Å². The largest absolute Gasteiger partial charge is 0.339 e. The summed E-state index contributed by atoms with van der Waals surface area (Å²) >= 11 is 0. The second-order valence-corrected chi connectivity index (χ2v) is 5.61. The van der Waals surface area contributed by atoms with Crippen molar-refractivity contribution in [1.29, 1.82) is 0 Å². The van der Waals surface area contributed by atoms with Gasteiger partial charge in [-0.05, 0) is 31.5 Å². The fraction of sp³-hybridized carbons (Fsp3) is 0.438. The first kappa shape index (κ1) is 13.2. The van der Waals surface area contributed by atoms with Gasteiger partial charge < -0.3 is 14.4 Å². The number of aryl methyl sites for hydroxylation is 1. The van der Waals surface area contributed by atoms with Crippen molar-refractivity contribution in [3.63, 3.8) is 0 Å². The smallest absolute Gasteiger partial charge is 0.242 e. The molecule has 0 saturated carbocycles. The first-order chi connectivity index (χ1) is 9.65. The van der Waals surface area contributed by atoms with Crippen LogP contribution in [-0.4, -0.2) is 53.5 Å². The summed E-state index contributed by atoms with van der Waals surface area (Å²) in [4.78, 5) is 16.7. The molecule has 0 aliphatic carbocycles. The summed E-state index contributed by atoms with van der Waals surface area (Å²) in [6, 6.07) is 10.4. The van der Waals surface area contributed by atoms with Crippen molar-refractivity contribution in [2.24, 2.45) is 0 Å². The molecular weight excluding hydrogens is 250 g/mol. The lowest BCUT2D eigenvalue weighted by atomic mass is 10.2. The molecule has 0 spiro atoms. The maximum absolute atomic E-state index is 12.5. The van der Waals surface area contributed by atoms with E-state index in [2.05, 4.69) is 41.6 Å². The predicted octanol–water partition coefficient (Wildman–Crippen LogP) is 1.72. The fourth-order valence-electron chi connectivity index (χ4n) is 2.85. The van der Waals surface area contributed by atoms with Crippen LogP contribution in [0.3, 0.4) is 0 Å². The summed E-state index contributed by atoms with van der Waals surface area (Å²) in [7, 11) is 2.10. The van der Waals surface area contributed by atoms with Gasteiger partial charge in [0.25, 0.3) is 0 Å². The van der Waals surface area contributed by atoms with Crippen LogP contribution >= 0.6 is 0 Å². The number of fused-ring (bicyclic) bond motifs is 1. The number of amides is 1. The number of piperazine rings is 1. The number of aromatic nitrogens is 1. The van der Waals surface area contributed by atoms with Crippen molar-refractivity contribution < 1.29 is 4.79 Å². The lowest BCUT2D eigenvalue weighted by Crippen LogP contribution is -2.48. The van der Waals surface area contributed by atoms with Crippen LogP contribution in [0.4, 0.5) is 0 Å². The van der Waals surface area contributed by atoms with Gasteiger partial charge in [-0.3, -0.25) is 4.79 Å². The van der Waals surface area contributed by atoms with Gasteiger partial charge in [0.15, 0.2) is 0 Å². The van der Waals surface area contributed by atoms with Crippen molar-refractivity contribution >= 4 is 16.8 Å². The number of para-hydroxylation sites is 1.